The molecule has 2 heterocycles. The fourth-order valence-electron chi connectivity index (χ4n) is 2.75. The van der Waals surface area contributed by atoms with E-state index in [0.29, 0.717) is 19.8 Å². The molecule has 0 aromatic heterocycles. The van der Waals surface area contributed by atoms with Crippen LogP contribution in [0.4, 0.5) is 0 Å². The van der Waals surface area contributed by atoms with Crippen molar-refractivity contribution in [2.24, 2.45) is 5.92 Å². The first-order valence-electron chi connectivity index (χ1n) is 7.33. The molecule has 6 nitrogen and oxygen atoms in total. The SMILES string of the molecule is CC(=O)OCCCNCCOC(=O)C1CC2CCC1O2. The van der Waals surface area contributed by atoms with Crippen LogP contribution in [0.2, 0.25) is 0 Å². The topological polar surface area (TPSA) is 73.9 Å². The molecule has 6 heteroatoms. The van der Waals surface area contributed by atoms with E-state index in [0.717, 1.165) is 32.2 Å². The summed E-state index contributed by atoms with van der Waals surface area (Å²) in [5, 5.41) is 3.14. The van der Waals surface area contributed by atoms with Crippen molar-refractivity contribution in [2.75, 3.05) is 26.3 Å². The van der Waals surface area contributed by atoms with Crippen molar-refractivity contribution in [3.63, 3.8) is 0 Å². The third-order valence-electron chi connectivity index (χ3n) is 3.74. The van der Waals surface area contributed by atoms with Gasteiger partial charge in [-0.2, -0.15) is 0 Å². The highest BCUT2D eigenvalue weighted by molar-refractivity contribution is 5.73. The first-order chi connectivity index (χ1) is 9.66. The van der Waals surface area contributed by atoms with Gasteiger partial charge in [0, 0.05) is 13.5 Å². The first-order valence-corrected chi connectivity index (χ1v) is 7.33. The van der Waals surface area contributed by atoms with E-state index < -0.39 is 0 Å². The number of ether oxygens (including phenoxy) is 3. The minimum absolute atomic E-state index is 0.0577. The van der Waals surface area contributed by atoms with Crippen molar-refractivity contribution < 1.29 is 23.8 Å². The molecule has 0 radical (unpaired) electrons. The Labute approximate surface area is 119 Å². The molecule has 0 aliphatic carbocycles. The lowest BCUT2D eigenvalue weighted by atomic mass is 9.89. The number of carbonyl (C=O) groups excluding carboxylic acids is 2. The van der Waals surface area contributed by atoms with Crippen molar-refractivity contribution in [2.45, 2.75) is 44.8 Å². The molecular weight excluding hydrogens is 262 g/mol. The van der Waals surface area contributed by atoms with Gasteiger partial charge in [-0.15, -0.1) is 0 Å². The second-order valence-corrected chi connectivity index (χ2v) is 5.33. The summed E-state index contributed by atoms with van der Waals surface area (Å²) < 4.78 is 15.7. The molecule has 2 fully saturated rings. The van der Waals surface area contributed by atoms with E-state index in [1.807, 2.05) is 0 Å². The van der Waals surface area contributed by atoms with Gasteiger partial charge < -0.3 is 19.5 Å². The molecule has 3 atom stereocenters. The van der Waals surface area contributed by atoms with E-state index in [4.69, 9.17) is 14.2 Å². The number of nitrogens with one attached hydrogen (secondary N) is 1. The monoisotopic (exact) mass is 285 g/mol. The van der Waals surface area contributed by atoms with Gasteiger partial charge in [0.1, 0.15) is 6.61 Å². The zero-order valence-electron chi connectivity index (χ0n) is 11.9. The summed E-state index contributed by atoms with van der Waals surface area (Å²) >= 11 is 0. The Morgan fingerprint density at radius 1 is 1.20 bits per heavy atom. The van der Waals surface area contributed by atoms with Gasteiger partial charge in [-0.3, -0.25) is 9.59 Å². The lowest BCUT2D eigenvalue weighted by Crippen LogP contribution is -2.30. The highest BCUT2D eigenvalue weighted by Gasteiger charge is 2.45. The van der Waals surface area contributed by atoms with Gasteiger partial charge in [-0.25, -0.2) is 0 Å². The van der Waals surface area contributed by atoms with Gasteiger partial charge in [0.2, 0.25) is 0 Å². The van der Waals surface area contributed by atoms with Crippen molar-refractivity contribution in [3.8, 4) is 0 Å². The predicted octanol–water partition coefficient (Wildman–Crippen LogP) is 0.640. The fraction of sp³-hybridized carbons (Fsp3) is 0.857. The highest BCUT2D eigenvalue weighted by Crippen LogP contribution is 2.39. The number of carbonyl (C=O) groups is 2. The number of hydrogen-bond acceptors (Lipinski definition) is 6. The van der Waals surface area contributed by atoms with E-state index >= 15 is 0 Å². The third-order valence-corrected chi connectivity index (χ3v) is 3.74. The van der Waals surface area contributed by atoms with Gasteiger partial charge in [0.25, 0.3) is 0 Å². The van der Waals surface area contributed by atoms with Gasteiger partial charge in [0.05, 0.1) is 24.7 Å². The number of esters is 2. The van der Waals surface area contributed by atoms with E-state index in [2.05, 4.69) is 5.32 Å². The zero-order valence-corrected chi connectivity index (χ0v) is 11.9. The Bertz CT molecular complexity index is 346. The first kappa shape index (κ1) is 15.3. The standard InChI is InChI=1S/C14H23NO5/c1-10(16)18-7-2-5-15-6-8-19-14(17)12-9-11-3-4-13(12)20-11/h11-13,15H,2-9H2,1H3. The average molecular weight is 285 g/mol. The summed E-state index contributed by atoms with van der Waals surface area (Å²) in [7, 11) is 0. The summed E-state index contributed by atoms with van der Waals surface area (Å²) in [5.74, 6) is -0.441. The van der Waals surface area contributed by atoms with Crippen LogP contribution in [-0.2, 0) is 23.8 Å². The quantitative estimate of drug-likeness (QED) is 0.521. The Kier molecular flexibility index (Phi) is 5.79. The fourth-order valence-corrected chi connectivity index (χ4v) is 2.75. The van der Waals surface area contributed by atoms with E-state index in [1.54, 1.807) is 0 Å². The molecule has 2 bridgehead atoms. The van der Waals surface area contributed by atoms with Crippen molar-refractivity contribution in [3.05, 3.63) is 0 Å². The molecule has 2 aliphatic rings. The summed E-state index contributed by atoms with van der Waals surface area (Å²) in [6, 6.07) is 0. The van der Waals surface area contributed by atoms with Crippen LogP contribution in [0.3, 0.4) is 0 Å². The Morgan fingerprint density at radius 2 is 2.05 bits per heavy atom. The van der Waals surface area contributed by atoms with Crippen LogP contribution in [0.25, 0.3) is 0 Å². The molecule has 0 aromatic carbocycles. The van der Waals surface area contributed by atoms with Crippen LogP contribution in [-0.4, -0.2) is 50.4 Å². The lowest BCUT2D eigenvalue weighted by Gasteiger charge is -2.17. The number of hydrogen-bond donors (Lipinski definition) is 1. The molecule has 1 N–H and O–H groups in total. The second kappa shape index (κ2) is 7.59. The number of rotatable bonds is 8. The van der Waals surface area contributed by atoms with Crippen molar-refractivity contribution in [1.82, 2.24) is 5.32 Å². The largest absolute Gasteiger partial charge is 0.466 e. The minimum atomic E-state index is -0.257. The summed E-state index contributed by atoms with van der Waals surface area (Å²) in [6.07, 6.45) is 4.01. The highest BCUT2D eigenvalue weighted by atomic mass is 16.5. The third kappa shape index (κ3) is 4.45. The van der Waals surface area contributed by atoms with Gasteiger partial charge in [-0.05, 0) is 32.2 Å². The molecule has 0 saturated carbocycles. The maximum atomic E-state index is 11.9. The molecule has 2 rings (SSSR count). The second-order valence-electron chi connectivity index (χ2n) is 5.33. The molecule has 0 amide bonds. The number of fused-ring (bicyclic) bond motifs is 2. The van der Waals surface area contributed by atoms with E-state index in [9.17, 15) is 9.59 Å². The minimum Gasteiger partial charge on any atom is -0.466 e. The maximum Gasteiger partial charge on any atom is 0.311 e. The molecule has 0 aromatic rings. The summed E-state index contributed by atoms with van der Waals surface area (Å²) in [4.78, 5) is 22.4. The smallest absolute Gasteiger partial charge is 0.311 e. The molecule has 3 unspecified atom stereocenters. The van der Waals surface area contributed by atoms with Crippen LogP contribution in [0.15, 0.2) is 0 Å². The molecule has 2 saturated heterocycles. The Morgan fingerprint density at radius 3 is 2.70 bits per heavy atom. The Balaban J connectivity index is 1.45. The Hall–Kier alpha value is -1.14. The normalized spacial score (nSPS) is 27.6. The van der Waals surface area contributed by atoms with Gasteiger partial charge in [-0.1, -0.05) is 0 Å². The van der Waals surface area contributed by atoms with Crippen molar-refractivity contribution in [1.29, 1.82) is 0 Å². The molecule has 0 spiro atoms. The summed E-state index contributed by atoms with van der Waals surface area (Å²) in [5.41, 5.74) is 0. The van der Waals surface area contributed by atoms with E-state index in [1.165, 1.54) is 6.92 Å². The van der Waals surface area contributed by atoms with Gasteiger partial charge in [0.15, 0.2) is 0 Å². The molecule has 2 aliphatic heterocycles. The summed E-state index contributed by atoms with van der Waals surface area (Å²) in [6.45, 7) is 3.55. The van der Waals surface area contributed by atoms with Gasteiger partial charge >= 0.3 is 11.9 Å². The maximum absolute atomic E-state index is 11.9. The molecule has 20 heavy (non-hydrogen) atoms. The molecular formula is C14H23NO5. The van der Waals surface area contributed by atoms with Crippen LogP contribution in [0.5, 0.6) is 0 Å². The van der Waals surface area contributed by atoms with Crippen LogP contribution in [0.1, 0.15) is 32.6 Å². The lowest BCUT2D eigenvalue weighted by molar-refractivity contribution is -0.150. The predicted molar refractivity (Wildman–Crippen MR) is 71.1 cm³/mol. The van der Waals surface area contributed by atoms with Crippen LogP contribution in [0, 0.1) is 5.92 Å². The molecule has 114 valence electrons. The van der Waals surface area contributed by atoms with Crippen LogP contribution < -0.4 is 5.32 Å². The average Bonchev–Trinajstić information content (AvgIpc) is 3.03. The zero-order chi connectivity index (χ0) is 14.4. The van der Waals surface area contributed by atoms with Crippen LogP contribution >= 0.6 is 0 Å². The van der Waals surface area contributed by atoms with Crippen molar-refractivity contribution >= 4 is 11.9 Å². The van der Waals surface area contributed by atoms with E-state index in [-0.39, 0.29) is 30.1 Å².